The molecular formula is C45H55ClN8O3. The van der Waals surface area contributed by atoms with Crippen molar-refractivity contribution in [3.05, 3.63) is 111 Å². The average molecular weight is 791 g/mol. The van der Waals surface area contributed by atoms with Crippen LogP contribution in [-0.2, 0) is 37.3 Å². The molecule has 7 rings (SSSR count). The van der Waals surface area contributed by atoms with Crippen molar-refractivity contribution in [2.24, 2.45) is 0 Å². The number of rotatable bonds is 13. The Balaban J connectivity index is 1.03. The summed E-state index contributed by atoms with van der Waals surface area (Å²) >= 11 is 6.74. The van der Waals surface area contributed by atoms with Gasteiger partial charge < -0.3 is 26.0 Å². The lowest BCUT2D eigenvalue weighted by molar-refractivity contribution is 0.0904. The number of carbonyl (C=O) groups is 2. The van der Waals surface area contributed by atoms with E-state index >= 15 is 0 Å². The molecule has 2 aromatic heterocycles. The van der Waals surface area contributed by atoms with Crippen molar-refractivity contribution in [3.8, 4) is 11.1 Å². The summed E-state index contributed by atoms with van der Waals surface area (Å²) in [5, 5.41) is 19.8. The third-order valence-corrected chi connectivity index (χ3v) is 11.3. The predicted octanol–water partition coefficient (Wildman–Crippen LogP) is 7.28. The second-order valence-electron chi connectivity index (χ2n) is 15.6. The Morgan fingerprint density at radius 2 is 1.63 bits per heavy atom. The SMILES string of the molecule is CCc1nc2c(cnn2CC)c(NC2CCOCC2)c1CNC(=O)c1cc(C)cc(C(=O)NCc2ccc(Cl)c(-c3cccc(CN4C[C@@H](C)N[C@@H](C)C4)c3)c2)c1. The van der Waals surface area contributed by atoms with Gasteiger partial charge >= 0.3 is 0 Å². The number of nitrogens with zero attached hydrogens (tertiary/aromatic N) is 4. The number of amides is 2. The third kappa shape index (κ3) is 9.67. The molecule has 0 radical (unpaired) electrons. The Morgan fingerprint density at radius 3 is 2.33 bits per heavy atom. The van der Waals surface area contributed by atoms with E-state index in [1.165, 1.54) is 5.56 Å². The quantitative estimate of drug-likeness (QED) is 0.0982. The zero-order chi connectivity index (χ0) is 40.1. The van der Waals surface area contributed by atoms with Crippen molar-refractivity contribution in [3.63, 3.8) is 0 Å². The van der Waals surface area contributed by atoms with Crippen molar-refractivity contribution in [1.29, 1.82) is 0 Å². The smallest absolute Gasteiger partial charge is 0.251 e. The van der Waals surface area contributed by atoms with E-state index in [4.69, 9.17) is 21.3 Å². The minimum Gasteiger partial charge on any atom is -0.381 e. The van der Waals surface area contributed by atoms with E-state index in [-0.39, 0.29) is 24.4 Å². The van der Waals surface area contributed by atoms with Crippen LogP contribution in [0.5, 0.6) is 0 Å². The molecule has 0 spiro atoms. The van der Waals surface area contributed by atoms with E-state index in [1.807, 2.05) is 42.1 Å². The molecule has 2 amide bonds. The number of aryl methyl sites for hydroxylation is 3. The average Bonchev–Trinajstić information content (AvgIpc) is 3.62. The van der Waals surface area contributed by atoms with Crippen LogP contribution in [0.2, 0.25) is 5.02 Å². The number of carbonyl (C=O) groups excluding carboxylic acids is 2. The van der Waals surface area contributed by atoms with Crippen LogP contribution in [0.3, 0.4) is 0 Å². The summed E-state index contributed by atoms with van der Waals surface area (Å²) in [5.41, 5.74) is 9.45. The summed E-state index contributed by atoms with van der Waals surface area (Å²) in [4.78, 5) is 34.9. The Morgan fingerprint density at radius 1 is 0.912 bits per heavy atom. The van der Waals surface area contributed by atoms with Crippen molar-refractivity contribution in [1.82, 2.24) is 35.6 Å². The Bertz CT molecular complexity index is 2220. The molecule has 0 aliphatic carbocycles. The maximum atomic E-state index is 13.8. The molecule has 300 valence electrons. The van der Waals surface area contributed by atoms with Crippen LogP contribution >= 0.6 is 11.6 Å². The first kappa shape index (κ1) is 40.4. The van der Waals surface area contributed by atoms with Crippen LogP contribution in [0.15, 0.2) is 66.9 Å². The summed E-state index contributed by atoms with van der Waals surface area (Å²) in [6.45, 7) is 16.1. The molecule has 4 N–H and O–H groups in total. The number of halogens is 1. The lowest BCUT2D eigenvalue weighted by atomic mass is 10.00. The molecule has 57 heavy (non-hydrogen) atoms. The summed E-state index contributed by atoms with van der Waals surface area (Å²) in [6.07, 6.45) is 4.36. The summed E-state index contributed by atoms with van der Waals surface area (Å²) in [7, 11) is 0. The maximum absolute atomic E-state index is 13.8. The van der Waals surface area contributed by atoms with E-state index in [1.54, 1.807) is 12.1 Å². The van der Waals surface area contributed by atoms with Gasteiger partial charge in [-0.25, -0.2) is 9.67 Å². The Hall–Kier alpha value is -4.81. The minimum absolute atomic E-state index is 0.248. The zero-order valence-electron chi connectivity index (χ0n) is 33.8. The second kappa shape index (κ2) is 18.2. The fourth-order valence-corrected chi connectivity index (χ4v) is 8.50. The van der Waals surface area contributed by atoms with Gasteiger partial charge in [0, 0.05) is 104 Å². The number of fused-ring (bicyclic) bond motifs is 1. The van der Waals surface area contributed by atoms with E-state index in [0.717, 1.165) is 82.7 Å². The van der Waals surface area contributed by atoms with Crippen LogP contribution in [0.1, 0.15) is 89.2 Å². The van der Waals surface area contributed by atoms with Crippen LogP contribution in [-0.4, -0.2) is 75.9 Å². The molecule has 2 saturated heterocycles. The highest BCUT2D eigenvalue weighted by atomic mass is 35.5. The summed E-state index contributed by atoms with van der Waals surface area (Å²) < 4.78 is 7.52. The minimum atomic E-state index is -0.262. The van der Waals surface area contributed by atoms with Gasteiger partial charge in [0.1, 0.15) is 0 Å². The van der Waals surface area contributed by atoms with Gasteiger partial charge in [-0.15, -0.1) is 0 Å². The number of aromatic nitrogens is 3. The molecule has 2 fully saturated rings. The van der Waals surface area contributed by atoms with Gasteiger partial charge in [0.25, 0.3) is 11.8 Å². The third-order valence-electron chi connectivity index (χ3n) is 11.0. The van der Waals surface area contributed by atoms with E-state index in [0.29, 0.717) is 61.0 Å². The molecule has 12 heteroatoms. The highest BCUT2D eigenvalue weighted by Crippen LogP contribution is 2.32. The van der Waals surface area contributed by atoms with Gasteiger partial charge in [-0.2, -0.15) is 5.10 Å². The summed E-state index contributed by atoms with van der Waals surface area (Å²) in [6, 6.07) is 20.8. The van der Waals surface area contributed by atoms with Gasteiger partial charge in [-0.1, -0.05) is 42.8 Å². The van der Waals surface area contributed by atoms with Crippen molar-refractivity contribution < 1.29 is 14.3 Å². The van der Waals surface area contributed by atoms with Crippen LogP contribution in [0.25, 0.3) is 22.2 Å². The predicted molar refractivity (Wildman–Crippen MR) is 228 cm³/mol. The van der Waals surface area contributed by atoms with Crippen LogP contribution < -0.4 is 21.3 Å². The molecule has 3 aromatic carbocycles. The van der Waals surface area contributed by atoms with Crippen molar-refractivity contribution in [2.45, 2.75) is 98.2 Å². The topological polar surface area (TPSA) is 125 Å². The number of hydrogen-bond donors (Lipinski definition) is 4. The first-order valence-electron chi connectivity index (χ1n) is 20.3. The standard InChI is InChI=1S/C45H55ClN8O3/c1-6-41-38(42(51-36-13-15-57-16-14-36)39-24-49-54(7-2)43(39)52-41)23-48-45(56)35-18-28(3)17-34(21-35)44(55)47-22-31-11-12-40(46)37(20-31)33-10-8-9-32(19-33)27-53-25-29(4)50-30(5)26-53/h8-12,17-21,24,29-30,36,50H,6-7,13-16,22-23,25-27H2,1-5H3,(H,47,55)(H,48,56)(H,51,52)/t29-,30+. The molecule has 11 nitrogen and oxygen atoms in total. The molecule has 0 saturated carbocycles. The number of anilines is 1. The molecule has 2 aliphatic rings. The molecule has 2 aliphatic heterocycles. The largest absolute Gasteiger partial charge is 0.381 e. The van der Waals surface area contributed by atoms with Gasteiger partial charge in [-0.05, 0) is 106 Å². The Kier molecular flexibility index (Phi) is 12.9. The number of benzene rings is 3. The fraction of sp³-hybridized carbons (Fsp3) is 0.422. The number of ether oxygens (including phenoxy) is 1. The van der Waals surface area contributed by atoms with Gasteiger partial charge in [0.2, 0.25) is 0 Å². The van der Waals surface area contributed by atoms with Crippen molar-refractivity contribution in [2.75, 3.05) is 31.6 Å². The molecule has 0 unspecified atom stereocenters. The maximum Gasteiger partial charge on any atom is 0.251 e. The molecule has 5 aromatic rings. The van der Waals surface area contributed by atoms with Gasteiger partial charge in [0.15, 0.2) is 5.65 Å². The number of hydrogen-bond acceptors (Lipinski definition) is 8. The monoisotopic (exact) mass is 790 g/mol. The number of nitrogens with one attached hydrogen (secondary N) is 4. The molecule has 2 atom stereocenters. The van der Waals surface area contributed by atoms with Crippen molar-refractivity contribution >= 4 is 40.1 Å². The zero-order valence-corrected chi connectivity index (χ0v) is 34.5. The van der Waals surface area contributed by atoms with Crippen LogP contribution in [0.4, 0.5) is 5.69 Å². The lowest BCUT2D eigenvalue weighted by Gasteiger charge is -2.36. The fourth-order valence-electron chi connectivity index (χ4n) is 8.27. The van der Waals surface area contributed by atoms with Gasteiger partial charge in [0.05, 0.1) is 17.3 Å². The molecular weight excluding hydrogens is 736 g/mol. The van der Waals surface area contributed by atoms with Crippen LogP contribution in [0, 0.1) is 6.92 Å². The normalized spacial score (nSPS) is 17.8. The first-order chi connectivity index (χ1) is 27.6. The number of piperazine rings is 1. The van der Waals surface area contributed by atoms with Gasteiger partial charge in [-0.3, -0.25) is 14.5 Å². The van der Waals surface area contributed by atoms with E-state index < -0.39 is 0 Å². The molecule has 4 heterocycles. The highest BCUT2D eigenvalue weighted by molar-refractivity contribution is 6.33. The lowest BCUT2D eigenvalue weighted by Crippen LogP contribution is -2.53. The summed E-state index contributed by atoms with van der Waals surface area (Å²) in [5.74, 6) is -0.522. The Labute approximate surface area is 340 Å². The first-order valence-corrected chi connectivity index (χ1v) is 20.7. The molecule has 0 bridgehead atoms. The van der Waals surface area contributed by atoms with E-state index in [9.17, 15) is 9.59 Å². The van der Waals surface area contributed by atoms with E-state index in [2.05, 4.69) is 83.2 Å². The highest BCUT2D eigenvalue weighted by Gasteiger charge is 2.24. The number of pyridine rings is 1. The second-order valence-corrected chi connectivity index (χ2v) is 16.0.